The SMILES string of the molecule is Clc1ccc(N=CNc2ccc(Br)cc2)cc1. The summed E-state index contributed by atoms with van der Waals surface area (Å²) >= 11 is 9.17. The Kier molecular flexibility index (Phi) is 4.18. The number of aliphatic imine (C=N–C) groups is 1. The summed E-state index contributed by atoms with van der Waals surface area (Å²) in [7, 11) is 0. The zero-order valence-electron chi connectivity index (χ0n) is 8.90. The minimum atomic E-state index is 0.713. The fourth-order valence-electron chi connectivity index (χ4n) is 1.25. The van der Waals surface area contributed by atoms with Gasteiger partial charge in [-0.15, -0.1) is 0 Å². The van der Waals surface area contributed by atoms with E-state index in [2.05, 4.69) is 26.2 Å². The standard InChI is InChI=1S/C13H10BrClN2/c14-10-1-5-12(6-2-10)16-9-17-13-7-3-11(15)4-8-13/h1-9H,(H,16,17). The third-order valence-electron chi connectivity index (χ3n) is 2.12. The Hall–Kier alpha value is -1.32. The molecule has 17 heavy (non-hydrogen) atoms. The predicted octanol–water partition coefficient (Wildman–Crippen LogP) is 4.87. The van der Waals surface area contributed by atoms with Gasteiger partial charge in [-0.1, -0.05) is 27.5 Å². The minimum absolute atomic E-state index is 0.713. The van der Waals surface area contributed by atoms with E-state index in [0.29, 0.717) is 5.02 Å². The molecule has 0 atom stereocenters. The second kappa shape index (κ2) is 5.84. The topological polar surface area (TPSA) is 24.4 Å². The van der Waals surface area contributed by atoms with Crippen LogP contribution in [-0.4, -0.2) is 6.34 Å². The molecule has 0 bridgehead atoms. The molecular formula is C13H10BrClN2. The largest absolute Gasteiger partial charge is 0.346 e. The number of halogens is 2. The Bertz CT molecular complexity index is 506. The van der Waals surface area contributed by atoms with E-state index >= 15 is 0 Å². The molecule has 0 unspecified atom stereocenters. The van der Waals surface area contributed by atoms with Gasteiger partial charge in [0.05, 0.1) is 12.0 Å². The average Bonchev–Trinajstić information content (AvgIpc) is 2.34. The van der Waals surface area contributed by atoms with Crippen molar-refractivity contribution in [1.29, 1.82) is 0 Å². The number of hydrogen-bond acceptors (Lipinski definition) is 1. The maximum Gasteiger partial charge on any atom is 0.0930 e. The smallest absolute Gasteiger partial charge is 0.0930 e. The summed E-state index contributed by atoms with van der Waals surface area (Å²) < 4.78 is 1.05. The first kappa shape index (κ1) is 12.1. The van der Waals surface area contributed by atoms with Crippen LogP contribution >= 0.6 is 27.5 Å². The van der Waals surface area contributed by atoms with Crippen LogP contribution in [0.5, 0.6) is 0 Å². The first-order chi connectivity index (χ1) is 8.24. The summed E-state index contributed by atoms with van der Waals surface area (Å²) in [5, 5.41) is 3.80. The highest BCUT2D eigenvalue weighted by Gasteiger charge is 1.90. The molecule has 0 saturated carbocycles. The van der Waals surface area contributed by atoms with Crippen molar-refractivity contribution in [2.75, 3.05) is 5.32 Å². The lowest BCUT2D eigenvalue weighted by Crippen LogP contribution is -1.93. The Balaban J connectivity index is 1.97. The second-order valence-electron chi connectivity index (χ2n) is 3.39. The van der Waals surface area contributed by atoms with E-state index in [-0.39, 0.29) is 0 Å². The number of hydrogen-bond donors (Lipinski definition) is 1. The first-order valence-corrected chi connectivity index (χ1v) is 6.21. The van der Waals surface area contributed by atoms with E-state index < -0.39 is 0 Å². The molecule has 0 aliphatic heterocycles. The Morgan fingerprint density at radius 3 is 2.29 bits per heavy atom. The number of benzene rings is 2. The summed E-state index contributed by atoms with van der Waals surface area (Å²) in [6, 6.07) is 15.2. The Labute approximate surface area is 113 Å². The van der Waals surface area contributed by atoms with Gasteiger partial charge >= 0.3 is 0 Å². The first-order valence-electron chi connectivity index (χ1n) is 5.04. The van der Waals surface area contributed by atoms with Crippen LogP contribution in [0.3, 0.4) is 0 Å². The van der Waals surface area contributed by atoms with Gasteiger partial charge in [-0.3, -0.25) is 0 Å². The lowest BCUT2D eigenvalue weighted by Gasteiger charge is -1.99. The van der Waals surface area contributed by atoms with Crippen LogP contribution < -0.4 is 5.32 Å². The second-order valence-corrected chi connectivity index (χ2v) is 4.74. The van der Waals surface area contributed by atoms with E-state index in [9.17, 15) is 0 Å². The molecule has 0 spiro atoms. The normalized spacial score (nSPS) is 10.7. The van der Waals surface area contributed by atoms with Crippen LogP contribution in [0.15, 0.2) is 58.0 Å². The third-order valence-corrected chi connectivity index (χ3v) is 2.90. The van der Waals surface area contributed by atoms with Crippen molar-refractivity contribution in [3.8, 4) is 0 Å². The van der Waals surface area contributed by atoms with Crippen LogP contribution in [0.1, 0.15) is 0 Å². The van der Waals surface area contributed by atoms with E-state index in [1.165, 1.54) is 0 Å². The fraction of sp³-hybridized carbons (Fsp3) is 0. The van der Waals surface area contributed by atoms with Crippen molar-refractivity contribution in [1.82, 2.24) is 0 Å². The summed E-state index contributed by atoms with van der Waals surface area (Å²) in [6.45, 7) is 0. The highest BCUT2D eigenvalue weighted by Crippen LogP contribution is 2.16. The maximum atomic E-state index is 5.78. The Morgan fingerprint density at radius 1 is 1.00 bits per heavy atom. The zero-order valence-corrected chi connectivity index (χ0v) is 11.2. The molecule has 0 amide bonds. The van der Waals surface area contributed by atoms with E-state index in [4.69, 9.17) is 11.6 Å². The summed E-state index contributed by atoms with van der Waals surface area (Å²) in [6.07, 6.45) is 1.66. The molecule has 2 nitrogen and oxygen atoms in total. The highest BCUT2D eigenvalue weighted by molar-refractivity contribution is 9.10. The van der Waals surface area contributed by atoms with Gasteiger partial charge in [0.2, 0.25) is 0 Å². The van der Waals surface area contributed by atoms with Crippen molar-refractivity contribution in [2.45, 2.75) is 0 Å². The van der Waals surface area contributed by atoms with Gasteiger partial charge in [0.15, 0.2) is 0 Å². The molecule has 0 fully saturated rings. The predicted molar refractivity (Wildman–Crippen MR) is 77.4 cm³/mol. The molecule has 0 aromatic heterocycles. The van der Waals surface area contributed by atoms with Crippen molar-refractivity contribution in [3.05, 3.63) is 58.0 Å². The number of rotatable bonds is 3. The van der Waals surface area contributed by atoms with Gasteiger partial charge in [0.25, 0.3) is 0 Å². The van der Waals surface area contributed by atoms with Gasteiger partial charge in [0.1, 0.15) is 0 Å². The summed E-state index contributed by atoms with van der Waals surface area (Å²) in [4.78, 5) is 4.26. The molecule has 0 saturated heterocycles. The lowest BCUT2D eigenvalue weighted by atomic mass is 10.3. The number of anilines is 1. The van der Waals surface area contributed by atoms with Crippen LogP contribution in [0.4, 0.5) is 11.4 Å². The van der Waals surface area contributed by atoms with Crippen LogP contribution in [0.25, 0.3) is 0 Å². The van der Waals surface area contributed by atoms with Gasteiger partial charge in [-0.05, 0) is 48.5 Å². The molecule has 2 aromatic rings. The van der Waals surface area contributed by atoms with Crippen molar-refractivity contribution >= 4 is 45.2 Å². The molecule has 0 aliphatic carbocycles. The van der Waals surface area contributed by atoms with E-state index in [1.54, 1.807) is 6.34 Å². The molecule has 0 radical (unpaired) electrons. The minimum Gasteiger partial charge on any atom is -0.346 e. The van der Waals surface area contributed by atoms with Gasteiger partial charge in [0, 0.05) is 15.2 Å². The van der Waals surface area contributed by atoms with Crippen molar-refractivity contribution in [2.24, 2.45) is 4.99 Å². The molecule has 2 rings (SSSR count). The van der Waals surface area contributed by atoms with Gasteiger partial charge in [-0.2, -0.15) is 0 Å². The van der Waals surface area contributed by atoms with Crippen LogP contribution in [0, 0.1) is 0 Å². The summed E-state index contributed by atoms with van der Waals surface area (Å²) in [5.41, 5.74) is 1.85. The molecule has 86 valence electrons. The van der Waals surface area contributed by atoms with Crippen molar-refractivity contribution in [3.63, 3.8) is 0 Å². The van der Waals surface area contributed by atoms with E-state index in [1.807, 2.05) is 48.5 Å². The number of nitrogens with one attached hydrogen (secondary N) is 1. The third kappa shape index (κ3) is 3.88. The van der Waals surface area contributed by atoms with Gasteiger partial charge in [-0.25, -0.2) is 4.99 Å². The maximum absolute atomic E-state index is 5.78. The van der Waals surface area contributed by atoms with Crippen molar-refractivity contribution < 1.29 is 0 Å². The fourth-order valence-corrected chi connectivity index (χ4v) is 1.64. The molecular weight excluding hydrogens is 300 g/mol. The van der Waals surface area contributed by atoms with Crippen LogP contribution in [0.2, 0.25) is 5.02 Å². The molecule has 0 heterocycles. The van der Waals surface area contributed by atoms with E-state index in [0.717, 1.165) is 15.8 Å². The lowest BCUT2D eigenvalue weighted by molar-refractivity contribution is 1.52. The zero-order chi connectivity index (χ0) is 12.1. The molecule has 1 N–H and O–H groups in total. The van der Waals surface area contributed by atoms with Gasteiger partial charge < -0.3 is 5.32 Å². The Morgan fingerprint density at radius 2 is 1.65 bits per heavy atom. The summed E-state index contributed by atoms with van der Waals surface area (Å²) in [5.74, 6) is 0. The molecule has 4 heteroatoms. The quantitative estimate of drug-likeness (QED) is 0.634. The van der Waals surface area contributed by atoms with Crippen LogP contribution in [-0.2, 0) is 0 Å². The molecule has 2 aromatic carbocycles. The number of nitrogens with zero attached hydrogens (tertiary/aromatic N) is 1. The highest BCUT2D eigenvalue weighted by atomic mass is 79.9. The molecule has 0 aliphatic rings. The monoisotopic (exact) mass is 308 g/mol. The average molecular weight is 310 g/mol.